The Bertz CT molecular complexity index is 332. The predicted octanol–water partition coefficient (Wildman–Crippen LogP) is 2.24. The zero-order valence-corrected chi connectivity index (χ0v) is 12.8. The molecule has 0 saturated heterocycles. The molecule has 0 amide bonds. The van der Waals surface area contributed by atoms with E-state index < -0.39 is 28.5 Å². The van der Waals surface area contributed by atoms with Crippen LogP contribution in [0.4, 0.5) is 0 Å². The molecule has 0 aliphatic carbocycles. The second-order valence-corrected chi connectivity index (χ2v) is 9.41. The molecule has 0 spiro atoms. The molecule has 0 heterocycles. The number of rotatable bonds is 7. The van der Waals surface area contributed by atoms with Gasteiger partial charge < -0.3 is 0 Å². The second-order valence-electron chi connectivity index (χ2n) is 3.03. The maximum atomic E-state index is 12.2. The molecule has 3 nitrogen and oxygen atoms in total. The molecule has 1 aromatic rings. The van der Waals surface area contributed by atoms with E-state index in [1.54, 1.807) is 0 Å². The first-order valence-corrected chi connectivity index (χ1v) is 9.80. The topological polar surface area (TPSA) is 35.5 Å². The van der Waals surface area contributed by atoms with Gasteiger partial charge in [0.15, 0.2) is 0 Å². The Morgan fingerprint density at radius 1 is 1.12 bits per heavy atom. The van der Waals surface area contributed by atoms with E-state index in [0.29, 0.717) is 17.4 Å². The summed E-state index contributed by atoms with van der Waals surface area (Å²) in [6.45, 7) is 4.57. The SMILES string of the molecule is CCOP(=O)(C[Te]c1ccccc1)OCC. The van der Waals surface area contributed by atoms with Gasteiger partial charge in [0, 0.05) is 0 Å². The zero-order chi connectivity index (χ0) is 11.9. The van der Waals surface area contributed by atoms with Crippen molar-refractivity contribution < 1.29 is 13.6 Å². The van der Waals surface area contributed by atoms with Gasteiger partial charge in [0.2, 0.25) is 0 Å². The Balaban J connectivity index is 2.53. The van der Waals surface area contributed by atoms with E-state index >= 15 is 0 Å². The van der Waals surface area contributed by atoms with Crippen LogP contribution in [0.2, 0.25) is 0 Å². The Labute approximate surface area is 107 Å². The van der Waals surface area contributed by atoms with Gasteiger partial charge in [0.05, 0.1) is 0 Å². The van der Waals surface area contributed by atoms with Crippen LogP contribution in [0.25, 0.3) is 0 Å². The van der Waals surface area contributed by atoms with Crippen LogP contribution in [-0.4, -0.2) is 38.3 Å². The summed E-state index contributed by atoms with van der Waals surface area (Å²) in [6, 6.07) is 10.1. The molecule has 1 rings (SSSR count). The molecule has 0 saturated carbocycles. The second kappa shape index (κ2) is 7.48. The van der Waals surface area contributed by atoms with Crippen LogP contribution in [0.5, 0.6) is 0 Å². The van der Waals surface area contributed by atoms with E-state index in [-0.39, 0.29) is 0 Å². The van der Waals surface area contributed by atoms with Gasteiger partial charge in [-0.25, -0.2) is 0 Å². The average Bonchev–Trinajstić information content (AvgIpc) is 2.29. The summed E-state index contributed by atoms with van der Waals surface area (Å²) in [7, 11) is -2.83. The van der Waals surface area contributed by atoms with Crippen molar-refractivity contribution in [2.45, 2.75) is 13.8 Å². The number of hydrogen-bond acceptors (Lipinski definition) is 3. The molecule has 0 fully saturated rings. The minimum absolute atomic E-state index is 0.443. The first kappa shape index (κ1) is 14.2. The van der Waals surface area contributed by atoms with Crippen LogP contribution in [0.1, 0.15) is 13.8 Å². The van der Waals surface area contributed by atoms with Crippen LogP contribution >= 0.6 is 7.60 Å². The van der Waals surface area contributed by atoms with Gasteiger partial charge in [0.25, 0.3) is 0 Å². The van der Waals surface area contributed by atoms with Crippen molar-refractivity contribution in [3.63, 3.8) is 0 Å². The molecule has 16 heavy (non-hydrogen) atoms. The first-order chi connectivity index (χ1) is 7.70. The molecule has 0 aliphatic heterocycles. The van der Waals surface area contributed by atoms with Crippen molar-refractivity contribution in [3.8, 4) is 0 Å². The molecular formula is C11H17O3PTe. The van der Waals surface area contributed by atoms with Gasteiger partial charge in [-0.15, -0.1) is 0 Å². The normalized spacial score (nSPS) is 11.6. The van der Waals surface area contributed by atoms with Gasteiger partial charge in [-0.05, 0) is 0 Å². The molecule has 0 N–H and O–H groups in total. The molecule has 0 radical (unpaired) electrons. The zero-order valence-electron chi connectivity index (χ0n) is 9.59. The Morgan fingerprint density at radius 3 is 2.19 bits per heavy atom. The van der Waals surface area contributed by atoms with E-state index in [1.807, 2.05) is 32.0 Å². The third-order valence-electron chi connectivity index (χ3n) is 1.78. The van der Waals surface area contributed by atoms with E-state index in [1.165, 1.54) is 3.61 Å². The molecule has 0 atom stereocenters. The monoisotopic (exact) mass is 358 g/mol. The third kappa shape index (κ3) is 4.99. The molecule has 0 unspecified atom stereocenters. The minimum atomic E-state index is -2.83. The fourth-order valence-electron chi connectivity index (χ4n) is 1.18. The molecule has 0 bridgehead atoms. The van der Waals surface area contributed by atoms with E-state index in [2.05, 4.69) is 12.1 Å². The van der Waals surface area contributed by atoms with Crippen LogP contribution in [0, 0.1) is 0 Å². The molecule has 0 aromatic heterocycles. The van der Waals surface area contributed by atoms with Crippen molar-refractivity contribution in [1.29, 1.82) is 0 Å². The third-order valence-corrected chi connectivity index (χ3v) is 9.07. The molecular weight excluding hydrogens is 339 g/mol. The molecule has 0 aliphatic rings. The summed E-state index contributed by atoms with van der Waals surface area (Å²) in [5.41, 5.74) is 0. The predicted molar refractivity (Wildman–Crippen MR) is 67.6 cm³/mol. The first-order valence-electron chi connectivity index (χ1n) is 5.26. The summed E-state index contributed by atoms with van der Waals surface area (Å²) >= 11 is -0.487. The van der Waals surface area contributed by atoms with Crippen molar-refractivity contribution in [1.82, 2.24) is 0 Å². The van der Waals surface area contributed by atoms with Gasteiger partial charge in [-0.3, -0.25) is 0 Å². The van der Waals surface area contributed by atoms with Gasteiger partial charge in [-0.2, -0.15) is 0 Å². The standard InChI is InChI=1S/C11H17O3PTe/c1-3-13-15(12,14-4-2)10-16-11-8-6-5-7-9-11/h5-9H,3-4,10H2,1-2H3. The summed E-state index contributed by atoms with van der Waals surface area (Å²) in [6.07, 6.45) is 0. The Hall–Kier alpha value is 0.160. The van der Waals surface area contributed by atoms with E-state index in [0.717, 1.165) is 0 Å². The van der Waals surface area contributed by atoms with Crippen LogP contribution in [0.3, 0.4) is 0 Å². The van der Waals surface area contributed by atoms with E-state index in [4.69, 9.17) is 9.05 Å². The fourth-order valence-corrected chi connectivity index (χ4v) is 7.40. The summed E-state index contributed by atoms with van der Waals surface area (Å²) in [4.78, 5) is 0. The maximum absolute atomic E-state index is 12.2. The van der Waals surface area contributed by atoms with Gasteiger partial charge in [0.1, 0.15) is 0 Å². The Kier molecular flexibility index (Phi) is 6.65. The van der Waals surface area contributed by atoms with Crippen LogP contribution in [-0.2, 0) is 13.6 Å². The summed E-state index contributed by atoms with van der Waals surface area (Å²) in [5, 5.41) is 0. The van der Waals surface area contributed by atoms with Crippen molar-refractivity contribution in [3.05, 3.63) is 30.3 Å². The summed E-state index contributed by atoms with van der Waals surface area (Å²) in [5.74, 6) is 0. The quantitative estimate of drug-likeness (QED) is 0.556. The van der Waals surface area contributed by atoms with Crippen LogP contribution in [0.15, 0.2) is 30.3 Å². The van der Waals surface area contributed by atoms with Gasteiger partial charge >= 0.3 is 107 Å². The average molecular weight is 356 g/mol. The number of hydrogen-bond donors (Lipinski definition) is 0. The van der Waals surface area contributed by atoms with E-state index in [9.17, 15) is 4.57 Å². The number of benzene rings is 1. The molecule has 1 aromatic carbocycles. The fraction of sp³-hybridized carbons (Fsp3) is 0.455. The van der Waals surface area contributed by atoms with Gasteiger partial charge in [-0.1, -0.05) is 0 Å². The van der Waals surface area contributed by atoms with Crippen molar-refractivity contribution in [2.24, 2.45) is 0 Å². The van der Waals surface area contributed by atoms with Crippen LogP contribution < -0.4 is 3.61 Å². The molecule has 90 valence electrons. The Morgan fingerprint density at radius 2 is 1.69 bits per heavy atom. The molecule has 5 heteroatoms. The van der Waals surface area contributed by atoms with Crippen molar-refractivity contribution >= 4 is 32.1 Å². The van der Waals surface area contributed by atoms with Crippen molar-refractivity contribution in [2.75, 3.05) is 17.4 Å². The summed E-state index contributed by atoms with van der Waals surface area (Å²) < 4.78 is 24.5.